The standard InChI is InChI=1S/C22H30ClN3OS2/c1-21(2)12-16(13-22(3,4)25-21)26(14-17-7-6-10-29-17)20(28)24-18-11-15(23)8-9-19(18)27-5/h6-11,16,25H,12-14H2,1-5H3,(H,24,28). The maximum absolute atomic E-state index is 6.22. The van der Waals surface area contributed by atoms with Gasteiger partial charge in [0, 0.05) is 27.0 Å². The van der Waals surface area contributed by atoms with Gasteiger partial charge in [-0.25, -0.2) is 0 Å². The third kappa shape index (κ3) is 5.85. The van der Waals surface area contributed by atoms with Gasteiger partial charge in [0.05, 0.1) is 19.3 Å². The van der Waals surface area contributed by atoms with E-state index in [0.29, 0.717) is 16.2 Å². The molecule has 1 saturated heterocycles. The van der Waals surface area contributed by atoms with Gasteiger partial charge in [-0.1, -0.05) is 17.7 Å². The molecule has 0 unspecified atom stereocenters. The van der Waals surface area contributed by atoms with E-state index in [0.717, 1.165) is 30.8 Å². The molecule has 1 aromatic carbocycles. The van der Waals surface area contributed by atoms with Gasteiger partial charge in [-0.05, 0) is 82.4 Å². The zero-order chi connectivity index (χ0) is 21.2. The van der Waals surface area contributed by atoms with Gasteiger partial charge < -0.3 is 20.3 Å². The van der Waals surface area contributed by atoms with Gasteiger partial charge in [0.25, 0.3) is 0 Å². The number of anilines is 1. The average Bonchev–Trinajstić information content (AvgIpc) is 3.10. The minimum atomic E-state index is 0.0312. The van der Waals surface area contributed by atoms with Crippen molar-refractivity contribution in [3.63, 3.8) is 0 Å². The van der Waals surface area contributed by atoms with Crippen LogP contribution in [0.25, 0.3) is 0 Å². The Morgan fingerprint density at radius 3 is 2.55 bits per heavy atom. The summed E-state index contributed by atoms with van der Waals surface area (Å²) in [6.45, 7) is 9.84. The molecule has 2 N–H and O–H groups in total. The highest BCUT2D eigenvalue weighted by Crippen LogP contribution is 2.34. The molecular formula is C22H30ClN3OS2. The first-order chi connectivity index (χ1) is 13.6. The first-order valence-corrected chi connectivity index (χ1v) is 11.5. The van der Waals surface area contributed by atoms with Gasteiger partial charge in [0.2, 0.25) is 0 Å². The molecular weight excluding hydrogens is 422 g/mol. The molecule has 158 valence electrons. The lowest BCUT2D eigenvalue weighted by molar-refractivity contribution is 0.102. The van der Waals surface area contributed by atoms with Crippen LogP contribution < -0.4 is 15.4 Å². The first-order valence-electron chi connectivity index (χ1n) is 9.81. The number of ether oxygens (including phenoxy) is 1. The van der Waals surface area contributed by atoms with Crippen molar-refractivity contribution >= 4 is 46.0 Å². The molecule has 29 heavy (non-hydrogen) atoms. The van der Waals surface area contributed by atoms with Gasteiger partial charge in [-0.15, -0.1) is 11.3 Å². The Hall–Kier alpha value is -1.34. The number of piperidine rings is 1. The predicted octanol–water partition coefficient (Wildman–Crippen LogP) is 5.92. The van der Waals surface area contributed by atoms with Crippen LogP contribution in [0.3, 0.4) is 0 Å². The quantitative estimate of drug-likeness (QED) is 0.552. The number of halogens is 1. The van der Waals surface area contributed by atoms with E-state index in [1.54, 1.807) is 18.4 Å². The number of rotatable bonds is 5. The van der Waals surface area contributed by atoms with Crippen LogP contribution in [0, 0.1) is 0 Å². The summed E-state index contributed by atoms with van der Waals surface area (Å²) in [7, 11) is 1.65. The van der Waals surface area contributed by atoms with Crippen molar-refractivity contribution in [3.8, 4) is 5.75 Å². The summed E-state index contributed by atoms with van der Waals surface area (Å²) in [6, 6.07) is 10.1. The van der Waals surface area contributed by atoms with E-state index < -0.39 is 0 Å². The number of thiocarbonyl (C=S) groups is 1. The largest absolute Gasteiger partial charge is 0.495 e. The Bertz CT molecular complexity index is 836. The fourth-order valence-electron chi connectivity index (χ4n) is 4.39. The van der Waals surface area contributed by atoms with E-state index in [9.17, 15) is 0 Å². The Morgan fingerprint density at radius 1 is 1.28 bits per heavy atom. The number of methoxy groups -OCH3 is 1. The third-order valence-electron chi connectivity index (χ3n) is 5.18. The lowest BCUT2D eigenvalue weighted by Crippen LogP contribution is -2.63. The lowest BCUT2D eigenvalue weighted by Gasteiger charge is -2.50. The average molecular weight is 452 g/mol. The molecule has 2 aromatic rings. The van der Waals surface area contributed by atoms with Crippen molar-refractivity contribution in [1.29, 1.82) is 0 Å². The zero-order valence-electron chi connectivity index (χ0n) is 17.7. The second kappa shape index (κ2) is 8.80. The Labute approximate surface area is 188 Å². The van der Waals surface area contributed by atoms with Crippen molar-refractivity contribution in [3.05, 3.63) is 45.6 Å². The number of benzene rings is 1. The monoisotopic (exact) mass is 451 g/mol. The summed E-state index contributed by atoms with van der Waals surface area (Å²) >= 11 is 13.9. The molecule has 0 spiro atoms. The van der Waals surface area contributed by atoms with Gasteiger partial charge in [-0.2, -0.15) is 0 Å². The summed E-state index contributed by atoms with van der Waals surface area (Å²) < 4.78 is 5.49. The van der Waals surface area contributed by atoms with Crippen molar-refractivity contribution in [1.82, 2.24) is 10.2 Å². The minimum Gasteiger partial charge on any atom is -0.495 e. The number of hydrogen-bond acceptors (Lipinski definition) is 4. The Balaban J connectivity index is 1.89. The summed E-state index contributed by atoms with van der Waals surface area (Å²) in [6.07, 6.45) is 2.02. The van der Waals surface area contributed by atoms with Crippen LogP contribution in [0.4, 0.5) is 5.69 Å². The van der Waals surface area contributed by atoms with Crippen LogP contribution >= 0.6 is 35.2 Å². The van der Waals surface area contributed by atoms with Crippen molar-refractivity contribution in [2.24, 2.45) is 0 Å². The maximum atomic E-state index is 6.22. The zero-order valence-corrected chi connectivity index (χ0v) is 20.1. The topological polar surface area (TPSA) is 36.5 Å². The van der Waals surface area contributed by atoms with Crippen molar-refractivity contribution in [2.45, 2.75) is 64.2 Å². The summed E-state index contributed by atoms with van der Waals surface area (Å²) in [5.41, 5.74) is 0.848. The van der Waals surface area contributed by atoms with E-state index >= 15 is 0 Å². The fraction of sp³-hybridized carbons (Fsp3) is 0.500. The number of nitrogens with zero attached hydrogens (tertiary/aromatic N) is 1. The first kappa shape index (κ1) is 22.3. The predicted molar refractivity (Wildman–Crippen MR) is 128 cm³/mol. The molecule has 0 aliphatic carbocycles. The van der Waals surface area contributed by atoms with E-state index in [1.807, 2.05) is 18.2 Å². The van der Waals surface area contributed by atoms with Gasteiger partial charge in [-0.3, -0.25) is 0 Å². The minimum absolute atomic E-state index is 0.0312. The number of hydrogen-bond donors (Lipinski definition) is 2. The molecule has 2 heterocycles. The maximum Gasteiger partial charge on any atom is 0.174 e. The molecule has 0 atom stereocenters. The summed E-state index contributed by atoms with van der Waals surface area (Å²) in [5.74, 6) is 0.721. The highest BCUT2D eigenvalue weighted by Gasteiger charge is 2.40. The van der Waals surface area contributed by atoms with E-state index in [1.165, 1.54) is 4.88 Å². The molecule has 0 bridgehead atoms. The summed E-state index contributed by atoms with van der Waals surface area (Å²) in [4.78, 5) is 3.62. The van der Waals surface area contributed by atoms with Gasteiger partial charge in [0.1, 0.15) is 5.75 Å². The molecule has 0 amide bonds. The van der Waals surface area contributed by atoms with Gasteiger partial charge in [0.15, 0.2) is 5.11 Å². The molecule has 1 aromatic heterocycles. The third-order valence-corrected chi connectivity index (χ3v) is 6.61. The van der Waals surface area contributed by atoms with Crippen LogP contribution in [-0.2, 0) is 6.54 Å². The Kier molecular flexibility index (Phi) is 6.78. The molecule has 0 saturated carbocycles. The second-order valence-electron chi connectivity index (χ2n) is 8.94. The molecule has 4 nitrogen and oxygen atoms in total. The molecule has 7 heteroatoms. The highest BCUT2D eigenvalue weighted by molar-refractivity contribution is 7.80. The number of nitrogens with one attached hydrogen (secondary N) is 2. The van der Waals surface area contributed by atoms with Crippen LogP contribution in [0.5, 0.6) is 5.75 Å². The van der Waals surface area contributed by atoms with Crippen LogP contribution in [-0.4, -0.2) is 34.2 Å². The normalized spacial score (nSPS) is 18.3. The van der Waals surface area contributed by atoms with Crippen molar-refractivity contribution in [2.75, 3.05) is 12.4 Å². The summed E-state index contributed by atoms with van der Waals surface area (Å²) in [5, 5.41) is 10.6. The van der Waals surface area contributed by atoms with Gasteiger partial charge >= 0.3 is 0 Å². The second-order valence-corrected chi connectivity index (χ2v) is 10.8. The highest BCUT2D eigenvalue weighted by atomic mass is 35.5. The lowest BCUT2D eigenvalue weighted by atomic mass is 9.79. The van der Waals surface area contributed by atoms with E-state index in [2.05, 4.69) is 60.7 Å². The van der Waals surface area contributed by atoms with Crippen LogP contribution in [0.1, 0.15) is 45.4 Å². The van der Waals surface area contributed by atoms with E-state index in [-0.39, 0.29) is 11.1 Å². The fourth-order valence-corrected chi connectivity index (χ4v) is 5.59. The van der Waals surface area contributed by atoms with Crippen LogP contribution in [0.15, 0.2) is 35.7 Å². The molecule has 1 aliphatic heterocycles. The molecule has 1 aliphatic rings. The van der Waals surface area contributed by atoms with E-state index in [4.69, 9.17) is 28.6 Å². The van der Waals surface area contributed by atoms with Crippen LogP contribution in [0.2, 0.25) is 5.02 Å². The molecule has 3 rings (SSSR count). The number of thiophene rings is 1. The molecule has 1 fully saturated rings. The smallest absolute Gasteiger partial charge is 0.174 e. The Morgan fingerprint density at radius 2 is 1.97 bits per heavy atom. The molecule has 0 radical (unpaired) electrons. The SMILES string of the molecule is COc1ccc(Cl)cc1NC(=S)N(Cc1cccs1)C1CC(C)(C)NC(C)(C)C1. The van der Waals surface area contributed by atoms with Crippen molar-refractivity contribution < 1.29 is 4.74 Å².